The van der Waals surface area contributed by atoms with Gasteiger partial charge < -0.3 is 9.64 Å². The van der Waals surface area contributed by atoms with Gasteiger partial charge in [-0.2, -0.15) is 0 Å². The lowest BCUT2D eigenvalue weighted by molar-refractivity contribution is -0.132. The van der Waals surface area contributed by atoms with Crippen LogP contribution in [0.15, 0.2) is 36.5 Å². The van der Waals surface area contributed by atoms with Gasteiger partial charge in [0, 0.05) is 37.3 Å². The second-order valence-corrected chi connectivity index (χ2v) is 6.52. The predicted molar refractivity (Wildman–Crippen MR) is 96.6 cm³/mol. The van der Waals surface area contributed by atoms with Crippen LogP contribution in [0, 0.1) is 6.92 Å². The molecule has 1 amide bonds. The number of benzene rings is 1. The molecule has 1 saturated heterocycles. The Morgan fingerprint density at radius 2 is 2.00 bits per heavy atom. The van der Waals surface area contributed by atoms with Crippen molar-refractivity contribution >= 4 is 5.91 Å². The van der Waals surface area contributed by atoms with E-state index >= 15 is 0 Å². The van der Waals surface area contributed by atoms with Gasteiger partial charge in [-0.05, 0) is 43.9 Å². The van der Waals surface area contributed by atoms with E-state index in [1.807, 2.05) is 48.4 Å². The highest BCUT2D eigenvalue weighted by atomic mass is 16.5. The van der Waals surface area contributed by atoms with Crippen LogP contribution in [0.4, 0.5) is 0 Å². The van der Waals surface area contributed by atoms with E-state index in [1.54, 1.807) is 7.11 Å². The average Bonchev–Trinajstić information content (AvgIpc) is 2.66. The maximum atomic E-state index is 12.5. The van der Waals surface area contributed by atoms with Crippen molar-refractivity contribution in [3.8, 4) is 5.75 Å². The maximum Gasteiger partial charge on any atom is 0.222 e. The first kappa shape index (κ1) is 17.4. The van der Waals surface area contributed by atoms with E-state index in [2.05, 4.69) is 9.97 Å². The van der Waals surface area contributed by atoms with E-state index in [0.717, 1.165) is 48.8 Å². The van der Waals surface area contributed by atoms with Gasteiger partial charge in [-0.1, -0.05) is 18.2 Å². The molecular formula is C20H25N3O2. The number of para-hydroxylation sites is 1. The number of hydrogen-bond donors (Lipinski definition) is 0. The summed E-state index contributed by atoms with van der Waals surface area (Å²) in [5.41, 5.74) is 2.08. The van der Waals surface area contributed by atoms with Gasteiger partial charge in [-0.25, -0.2) is 9.97 Å². The van der Waals surface area contributed by atoms with Crippen LogP contribution in [0.25, 0.3) is 0 Å². The molecule has 1 aromatic carbocycles. The molecule has 1 fully saturated rings. The maximum absolute atomic E-state index is 12.5. The number of methoxy groups -OCH3 is 1. The summed E-state index contributed by atoms with van der Waals surface area (Å²) in [7, 11) is 1.67. The summed E-state index contributed by atoms with van der Waals surface area (Å²) < 4.78 is 5.36. The standard InChI is InChI=1S/C20H25N3O2/c1-15-9-12-21-20(22-15)17-10-13-23(14-11-17)19(24)8-7-16-5-3-4-6-18(16)25-2/h3-6,9,12,17H,7-8,10-11,13-14H2,1-2H3. The molecular weight excluding hydrogens is 314 g/mol. The molecule has 0 unspecified atom stereocenters. The van der Waals surface area contributed by atoms with Gasteiger partial charge in [0.2, 0.25) is 5.91 Å². The Morgan fingerprint density at radius 1 is 1.24 bits per heavy atom. The molecule has 5 nitrogen and oxygen atoms in total. The molecule has 0 aliphatic carbocycles. The van der Waals surface area contributed by atoms with Crippen molar-refractivity contribution < 1.29 is 9.53 Å². The van der Waals surface area contributed by atoms with Gasteiger partial charge >= 0.3 is 0 Å². The van der Waals surface area contributed by atoms with Crippen molar-refractivity contribution in [1.29, 1.82) is 0 Å². The number of rotatable bonds is 5. The SMILES string of the molecule is COc1ccccc1CCC(=O)N1CCC(c2nccc(C)n2)CC1. The Labute approximate surface area is 149 Å². The number of hydrogen-bond acceptors (Lipinski definition) is 4. The van der Waals surface area contributed by atoms with Gasteiger partial charge in [0.25, 0.3) is 0 Å². The molecule has 0 bridgehead atoms. The fourth-order valence-electron chi connectivity index (χ4n) is 3.36. The minimum atomic E-state index is 0.217. The number of carbonyl (C=O) groups is 1. The van der Waals surface area contributed by atoms with Gasteiger partial charge in [0.15, 0.2) is 0 Å². The molecule has 0 N–H and O–H groups in total. The van der Waals surface area contributed by atoms with Crippen molar-refractivity contribution in [3.63, 3.8) is 0 Å². The summed E-state index contributed by atoms with van der Waals surface area (Å²) >= 11 is 0. The lowest BCUT2D eigenvalue weighted by Crippen LogP contribution is -2.38. The largest absolute Gasteiger partial charge is 0.496 e. The summed E-state index contributed by atoms with van der Waals surface area (Å²) in [6.07, 6.45) is 4.92. The van der Waals surface area contributed by atoms with Gasteiger partial charge in [0.05, 0.1) is 7.11 Å². The number of aryl methyl sites for hydroxylation is 2. The number of ether oxygens (including phenoxy) is 1. The third kappa shape index (κ3) is 4.35. The summed E-state index contributed by atoms with van der Waals surface area (Å²) in [6, 6.07) is 9.80. The highest BCUT2D eigenvalue weighted by Gasteiger charge is 2.25. The molecule has 2 aromatic rings. The Balaban J connectivity index is 1.51. The highest BCUT2D eigenvalue weighted by molar-refractivity contribution is 5.76. The molecule has 0 saturated carbocycles. The molecule has 1 aliphatic rings. The summed E-state index contributed by atoms with van der Waals surface area (Å²) in [5, 5.41) is 0. The molecule has 3 rings (SSSR count). The smallest absolute Gasteiger partial charge is 0.222 e. The third-order valence-electron chi connectivity index (χ3n) is 4.83. The van der Waals surface area contributed by atoms with Crippen molar-refractivity contribution in [2.75, 3.05) is 20.2 Å². The second-order valence-electron chi connectivity index (χ2n) is 6.52. The molecule has 132 valence electrons. The highest BCUT2D eigenvalue weighted by Crippen LogP contribution is 2.26. The number of carbonyl (C=O) groups excluding carboxylic acids is 1. The van der Waals surface area contributed by atoms with Crippen LogP contribution in [0.5, 0.6) is 5.75 Å². The second kappa shape index (κ2) is 8.10. The van der Waals surface area contributed by atoms with Crippen molar-refractivity contribution in [1.82, 2.24) is 14.9 Å². The Bertz CT molecular complexity index is 724. The first-order valence-electron chi connectivity index (χ1n) is 8.86. The van der Waals surface area contributed by atoms with E-state index in [9.17, 15) is 4.79 Å². The van der Waals surface area contributed by atoms with E-state index in [1.165, 1.54) is 0 Å². The van der Waals surface area contributed by atoms with E-state index in [0.29, 0.717) is 18.8 Å². The molecule has 25 heavy (non-hydrogen) atoms. The topological polar surface area (TPSA) is 55.3 Å². The quantitative estimate of drug-likeness (QED) is 0.840. The zero-order chi connectivity index (χ0) is 17.6. The molecule has 0 spiro atoms. The van der Waals surface area contributed by atoms with E-state index in [4.69, 9.17) is 4.74 Å². The van der Waals surface area contributed by atoms with Gasteiger partial charge in [-0.15, -0.1) is 0 Å². The fourth-order valence-corrected chi connectivity index (χ4v) is 3.36. The molecule has 5 heteroatoms. The zero-order valence-corrected chi connectivity index (χ0v) is 14.9. The van der Waals surface area contributed by atoms with Crippen molar-refractivity contribution in [2.24, 2.45) is 0 Å². The Hall–Kier alpha value is -2.43. The zero-order valence-electron chi connectivity index (χ0n) is 14.9. The fraction of sp³-hybridized carbons (Fsp3) is 0.450. The number of amides is 1. The third-order valence-corrected chi connectivity index (χ3v) is 4.83. The van der Waals surface area contributed by atoms with E-state index in [-0.39, 0.29) is 5.91 Å². The summed E-state index contributed by atoms with van der Waals surface area (Å²) in [4.78, 5) is 23.4. The van der Waals surface area contributed by atoms with Gasteiger partial charge in [0.1, 0.15) is 11.6 Å². The van der Waals surface area contributed by atoms with Gasteiger partial charge in [-0.3, -0.25) is 4.79 Å². The number of nitrogens with zero attached hydrogens (tertiary/aromatic N) is 3. The monoisotopic (exact) mass is 339 g/mol. The van der Waals surface area contributed by atoms with Crippen LogP contribution in [0.1, 0.15) is 42.3 Å². The summed E-state index contributed by atoms with van der Waals surface area (Å²) in [6.45, 7) is 3.56. The Kier molecular flexibility index (Phi) is 5.64. The first-order valence-corrected chi connectivity index (χ1v) is 8.86. The number of aromatic nitrogens is 2. The lowest BCUT2D eigenvalue weighted by atomic mass is 9.95. The molecule has 1 aromatic heterocycles. The minimum absolute atomic E-state index is 0.217. The molecule has 0 radical (unpaired) electrons. The molecule has 2 heterocycles. The predicted octanol–water partition coefficient (Wildman–Crippen LogP) is 3.13. The minimum Gasteiger partial charge on any atom is -0.496 e. The normalized spacial score (nSPS) is 15.2. The van der Waals surface area contributed by atoms with Crippen LogP contribution in [-0.4, -0.2) is 41.0 Å². The van der Waals surface area contributed by atoms with E-state index < -0.39 is 0 Å². The first-order chi connectivity index (χ1) is 12.2. The number of likely N-dealkylation sites (tertiary alicyclic amines) is 1. The van der Waals surface area contributed by atoms with Crippen LogP contribution >= 0.6 is 0 Å². The van der Waals surface area contributed by atoms with Crippen molar-refractivity contribution in [3.05, 3.63) is 53.6 Å². The van der Waals surface area contributed by atoms with Crippen molar-refractivity contribution in [2.45, 2.75) is 38.5 Å². The summed E-state index contributed by atoms with van der Waals surface area (Å²) in [5.74, 6) is 2.35. The number of piperidine rings is 1. The van der Waals surface area contributed by atoms with Crippen LogP contribution in [0.3, 0.4) is 0 Å². The lowest BCUT2D eigenvalue weighted by Gasteiger charge is -2.31. The van der Waals surface area contributed by atoms with Crippen LogP contribution in [-0.2, 0) is 11.2 Å². The Morgan fingerprint density at radius 3 is 2.72 bits per heavy atom. The average molecular weight is 339 g/mol. The molecule has 0 atom stereocenters. The van der Waals surface area contributed by atoms with Crippen LogP contribution < -0.4 is 4.74 Å². The van der Waals surface area contributed by atoms with Crippen LogP contribution in [0.2, 0.25) is 0 Å². The molecule has 1 aliphatic heterocycles.